The summed E-state index contributed by atoms with van der Waals surface area (Å²) < 4.78 is 7.19. The average molecular weight is 726 g/mol. The minimum atomic E-state index is 1.15. The highest BCUT2D eigenvalue weighted by molar-refractivity contribution is 6.14. The zero-order valence-electron chi connectivity index (χ0n) is 31.0. The number of hydrogen-bond acceptors (Lipinski definition) is 0. The third-order valence-electron chi connectivity index (χ3n) is 11.8. The van der Waals surface area contributed by atoms with Crippen LogP contribution in [0.4, 0.5) is 0 Å². The van der Waals surface area contributed by atoms with Crippen LogP contribution in [-0.2, 0) is 0 Å². The summed E-state index contributed by atoms with van der Waals surface area (Å²) in [5.41, 5.74) is 15.6. The van der Waals surface area contributed by atoms with Crippen LogP contribution >= 0.6 is 0 Å². The first-order valence-corrected chi connectivity index (χ1v) is 19.6. The van der Waals surface area contributed by atoms with Gasteiger partial charge in [-0.3, -0.25) is 0 Å². The Morgan fingerprint density at radius 1 is 0.211 bits per heavy atom. The van der Waals surface area contributed by atoms with E-state index in [1.165, 1.54) is 99.0 Å². The van der Waals surface area contributed by atoms with E-state index in [4.69, 9.17) is 0 Å². The highest BCUT2D eigenvalue weighted by atomic mass is 15.0. The lowest BCUT2D eigenvalue weighted by Gasteiger charge is -2.13. The molecule has 3 heterocycles. The first kappa shape index (κ1) is 31.7. The summed E-state index contributed by atoms with van der Waals surface area (Å²) in [5, 5.41) is 7.49. The van der Waals surface area contributed by atoms with Crippen LogP contribution < -0.4 is 0 Å². The summed E-state index contributed by atoms with van der Waals surface area (Å²) in [6.07, 6.45) is 0. The van der Waals surface area contributed by atoms with Crippen molar-refractivity contribution in [2.75, 3.05) is 0 Å². The molecule has 0 radical (unpaired) electrons. The lowest BCUT2D eigenvalue weighted by Crippen LogP contribution is -1.95. The molecule has 0 unspecified atom stereocenters. The molecule has 0 spiro atoms. The van der Waals surface area contributed by atoms with Crippen LogP contribution in [0.5, 0.6) is 0 Å². The fraction of sp³-hybridized carbons (Fsp3) is 0. The Bertz CT molecular complexity index is 3510. The smallest absolute Gasteiger partial charge is 0.0542 e. The summed E-state index contributed by atoms with van der Waals surface area (Å²) >= 11 is 0. The molecule has 12 rings (SSSR count). The Morgan fingerprint density at radius 3 is 1.00 bits per heavy atom. The van der Waals surface area contributed by atoms with Gasteiger partial charge in [-0.15, -0.1) is 0 Å². The quantitative estimate of drug-likeness (QED) is 0.168. The molecule has 0 bridgehead atoms. The van der Waals surface area contributed by atoms with Gasteiger partial charge in [-0.2, -0.15) is 0 Å². The molecule has 9 aromatic carbocycles. The normalized spacial score (nSPS) is 11.9. The van der Waals surface area contributed by atoms with Crippen molar-refractivity contribution in [3.05, 3.63) is 212 Å². The number of aromatic nitrogens is 3. The second-order valence-electron chi connectivity index (χ2n) is 14.9. The molecule has 0 aliphatic rings. The number of para-hydroxylation sites is 5. The molecular weight excluding hydrogens is 691 g/mol. The first-order chi connectivity index (χ1) is 28.3. The molecule has 0 amide bonds. The fourth-order valence-electron chi connectivity index (χ4n) is 9.36. The number of hydrogen-bond donors (Lipinski definition) is 0. The monoisotopic (exact) mass is 725 g/mol. The molecule has 3 heteroatoms. The zero-order valence-corrected chi connectivity index (χ0v) is 31.0. The molecule has 0 N–H and O–H groups in total. The second-order valence-corrected chi connectivity index (χ2v) is 14.9. The molecule has 266 valence electrons. The van der Waals surface area contributed by atoms with E-state index in [2.05, 4.69) is 226 Å². The Labute approximate surface area is 329 Å². The molecule has 0 aliphatic carbocycles. The van der Waals surface area contributed by atoms with E-state index in [-0.39, 0.29) is 0 Å². The van der Waals surface area contributed by atoms with Gasteiger partial charge in [-0.25, -0.2) is 0 Å². The second kappa shape index (κ2) is 12.5. The molecule has 0 saturated heterocycles. The van der Waals surface area contributed by atoms with Crippen LogP contribution in [0.25, 0.3) is 105 Å². The van der Waals surface area contributed by atoms with Crippen molar-refractivity contribution in [1.82, 2.24) is 13.7 Å². The zero-order chi connectivity index (χ0) is 37.5. The van der Waals surface area contributed by atoms with Crippen molar-refractivity contribution < 1.29 is 0 Å². The predicted molar refractivity (Wildman–Crippen MR) is 240 cm³/mol. The minimum Gasteiger partial charge on any atom is -0.309 e. The van der Waals surface area contributed by atoms with Gasteiger partial charge in [0.1, 0.15) is 0 Å². The van der Waals surface area contributed by atoms with Gasteiger partial charge >= 0.3 is 0 Å². The van der Waals surface area contributed by atoms with E-state index in [0.29, 0.717) is 0 Å². The number of rotatable bonds is 5. The summed E-state index contributed by atoms with van der Waals surface area (Å²) in [6.45, 7) is 0. The predicted octanol–water partition coefficient (Wildman–Crippen LogP) is 14.3. The largest absolute Gasteiger partial charge is 0.309 e. The SMILES string of the molecule is c1ccc(-n2c3ccccc3c3cc(-c4ccccc4-c4ccc5c(c4)c4ccccc4n5-c4ccc5c(c4)c4ccccc4n5-c4ccccc4)ccc32)cc1. The summed E-state index contributed by atoms with van der Waals surface area (Å²) in [6, 6.07) is 77.4. The Balaban J connectivity index is 1.02. The Morgan fingerprint density at radius 2 is 0.544 bits per heavy atom. The van der Waals surface area contributed by atoms with Gasteiger partial charge < -0.3 is 13.7 Å². The number of fused-ring (bicyclic) bond motifs is 9. The van der Waals surface area contributed by atoms with Gasteiger partial charge in [-0.1, -0.05) is 127 Å². The van der Waals surface area contributed by atoms with Gasteiger partial charge in [-0.05, 0) is 107 Å². The topological polar surface area (TPSA) is 14.8 Å². The van der Waals surface area contributed by atoms with Gasteiger partial charge in [0.05, 0.1) is 33.1 Å². The van der Waals surface area contributed by atoms with Crippen LogP contribution in [0.1, 0.15) is 0 Å². The van der Waals surface area contributed by atoms with Crippen molar-refractivity contribution in [2.24, 2.45) is 0 Å². The maximum absolute atomic E-state index is 2.44. The van der Waals surface area contributed by atoms with Crippen molar-refractivity contribution in [2.45, 2.75) is 0 Å². The summed E-state index contributed by atoms with van der Waals surface area (Å²) in [7, 11) is 0. The number of benzene rings is 9. The van der Waals surface area contributed by atoms with E-state index < -0.39 is 0 Å². The van der Waals surface area contributed by atoms with E-state index >= 15 is 0 Å². The number of nitrogens with zero attached hydrogens (tertiary/aromatic N) is 3. The van der Waals surface area contributed by atoms with Crippen LogP contribution in [0, 0.1) is 0 Å². The van der Waals surface area contributed by atoms with Crippen LogP contribution in [0.2, 0.25) is 0 Å². The molecule has 0 fully saturated rings. The van der Waals surface area contributed by atoms with Gasteiger partial charge in [0.15, 0.2) is 0 Å². The Hall–Kier alpha value is -7.62. The molecule has 57 heavy (non-hydrogen) atoms. The molecule has 0 saturated carbocycles. The Kier molecular flexibility index (Phi) is 6.93. The standard InChI is InChI=1S/C54H35N3/c1-3-15-38(16-4-1)55-49-24-12-9-21-43(49)46-33-36(27-30-52(46)55)41-19-7-8-20-42(41)37-28-31-53-47(34-37)44-22-10-14-26-51(44)57(53)40-29-32-54-48(35-40)45-23-11-13-25-50(45)56(54)39-17-5-2-6-18-39/h1-35H. The van der Waals surface area contributed by atoms with E-state index in [1.807, 2.05) is 0 Å². The maximum atomic E-state index is 2.44. The molecule has 3 nitrogen and oxygen atoms in total. The van der Waals surface area contributed by atoms with E-state index in [9.17, 15) is 0 Å². The van der Waals surface area contributed by atoms with Crippen molar-refractivity contribution in [3.63, 3.8) is 0 Å². The van der Waals surface area contributed by atoms with E-state index in [1.54, 1.807) is 0 Å². The average Bonchev–Trinajstić information content (AvgIpc) is 3.92. The van der Waals surface area contributed by atoms with Gasteiger partial charge in [0.2, 0.25) is 0 Å². The third-order valence-corrected chi connectivity index (χ3v) is 11.8. The molecule has 12 aromatic rings. The van der Waals surface area contributed by atoms with Gasteiger partial charge in [0.25, 0.3) is 0 Å². The van der Waals surface area contributed by atoms with Crippen molar-refractivity contribution in [1.29, 1.82) is 0 Å². The molecule has 0 aliphatic heterocycles. The highest BCUT2D eigenvalue weighted by Gasteiger charge is 2.19. The lowest BCUT2D eigenvalue weighted by molar-refractivity contribution is 1.17. The van der Waals surface area contributed by atoms with Crippen LogP contribution in [-0.4, -0.2) is 13.7 Å². The van der Waals surface area contributed by atoms with E-state index in [0.717, 1.165) is 5.69 Å². The lowest BCUT2D eigenvalue weighted by atomic mass is 9.93. The van der Waals surface area contributed by atoms with Crippen LogP contribution in [0.3, 0.4) is 0 Å². The minimum absolute atomic E-state index is 1.15. The third kappa shape index (κ3) is 4.79. The van der Waals surface area contributed by atoms with Crippen molar-refractivity contribution in [3.8, 4) is 39.3 Å². The maximum Gasteiger partial charge on any atom is 0.0542 e. The molecule has 3 aromatic heterocycles. The fourth-order valence-corrected chi connectivity index (χ4v) is 9.36. The van der Waals surface area contributed by atoms with Gasteiger partial charge in [0, 0.05) is 49.4 Å². The summed E-state index contributed by atoms with van der Waals surface area (Å²) in [4.78, 5) is 0. The first-order valence-electron chi connectivity index (χ1n) is 19.6. The van der Waals surface area contributed by atoms with Crippen molar-refractivity contribution >= 4 is 65.4 Å². The van der Waals surface area contributed by atoms with Crippen LogP contribution in [0.15, 0.2) is 212 Å². The molecule has 0 atom stereocenters. The summed E-state index contributed by atoms with van der Waals surface area (Å²) in [5.74, 6) is 0. The highest BCUT2D eigenvalue weighted by Crippen LogP contribution is 2.41. The molecular formula is C54H35N3.